The number of rotatable bonds is 1. The molecule has 0 atom stereocenters. The van der Waals surface area contributed by atoms with Gasteiger partial charge in [0.15, 0.2) is 11.5 Å². The summed E-state index contributed by atoms with van der Waals surface area (Å²) >= 11 is 0. The summed E-state index contributed by atoms with van der Waals surface area (Å²) in [5.74, 6) is 0.492. The molecule has 0 amide bonds. The average molecular weight is 324 g/mol. The van der Waals surface area contributed by atoms with Crippen LogP contribution < -0.4 is 11.2 Å². The van der Waals surface area contributed by atoms with Gasteiger partial charge in [0.2, 0.25) is 0 Å². The largest absolute Gasteiger partial charge is 0.332 e. The van der Waals surface area contributed by atoms with Gasteiger partial charge in [-0.3, -0.25) is 13.9 Å². The molecule has 0 saturated heterocycles. The fourth-order valence-corrected chi connectivity index (χ4v) is 2.62. The Morgan fingerprint density at radius 1 is 0.958 bits per heavy atom. The van der Waals surface area contributed by atoms with Gasteiger partial charge in [-0.15, -0.1) is 0 Å². The van der Waals surface area contributed by atoms with Crippen LogP contribution in [-0.4, -0.2) is 19.1 Å². The van der Waals surface area contributed by atoms with Gasteiger partial charge >= 0.3 is 5.69 Å². The maximum absolute atomic E-state index is 12.2. The first-order valence-electron chi connectivity index (χ1n) is 7.74. The predicted octanol–water partition coefficient (Wildman–Crippen LogP) is 1.99. The molecule has 3 rings (SSSR count). The van der Waals surface area contributed by atoms with Crippen LogP contribution in [0.2, 0.25) is 0 Å². The molecule has 0 fully saturated rings. The first kappa shape index (κ1) is 16.1. The molecule has 6 nitrogen and oxygen atoms in total. The molecule has 0 spiro atoms. The molecule has 0 aliphatic rings. The van der Waals surface area contributed by atoms with Crippen LogP contribution in [0.5, 0.6) is 0 Å². The number of hydrogen-bond acceptors (Lipinski definition) is 4. The van der Waals surface area contributed by atoms with Crippen molar-refractivity contribution in [3.8, 4) is 11.4 Å². The molecule has 124 valence electrons. The number of nitrogens with zero attached hydrogens (tertiary/aromatic N) is 4. The molecular formula is C18H20N4O2. The molecule has 0 unspecified atom stereocenters. The number of hydrogen-bond donors (Lipinski definition) is 0. The lowest BCUT2D eigenvalue weighted by molar-refractivity contribution is 0.590. The van der Waals surface area contributed by atoms with Crippen LogP contribution >= 0.6 is 0 Å². The minimum Gasteiger partial charge on any atom is -0.280 e. The van der Waals surface area contributed by atoms with E-state index in [1.165, 1.54) is 23.4 Å². The molecular weight excluding hydrogens is 304 g/mol. The maximum Gasteiger partial charge on any atom is 0.332 e. The molecule has 0 N–H and O–H groups in total. The second-order valence-corrected chi connectivity index (χ2v) is 6.96. The van der Waals surface area contributed by atoms with Gasteiger partial charge < -0.3 is 0 Å². The third-order valence-corrected chi connectivity index (χ3v) is 4.20. The normalized spacial score (nSPS) is 11.9. The van der Waals surface area contributed by atoms with Crippen molar-refractivity contribution in [1.29, 1.82) is 0 Å². The van der Waals surface area contributed by atoms with Crippen LogP contribution in [-0.2, 0) is 19.5 Å². The van der Waals surface area contributed by atoms with Crippen molar-refractivity contribution in [3.05, 3.63) is 56.9 Å². The maximum atomic E-state index is 12.2. The van der Waals surface area contributed by atoms with Gasteiger partial charge in [0.05, 0.1) is 0 Å². The van der Waals surface area contributed by atoms with Gasteiger partial charge in [-0.05, 0) is 11.0 Å². The second-order valence-electron chi connectivity index (χ2n) is 6.96. The third-order valence-electron chi connectivity index (χ3n) is 4.20. The fourth-order valence-electron chi connectivity index (χ4n) is 2.62. The van der Waals surface area contributed by atoms with Crippen molar-refractivity contribution >= 4 is 11.0 Å². The molecule has 24 heavy (non-hydrogen) atoms. The van der Waals surface area contributed by atoms with Crippen molar-refractivity contribution in [2.45, 2.75) is 26.2 Å². The Hall–Kier alpha value is -2.76. The predicted molar refractivity (Wildman–Crippen MR) is 94.2 cm³/mol. The van der Waals surface area contributed by atoms with E-state index < -0.39 is 5.69 Å². The van der Waals surface area contributed by atoms with Crippen molar-refractivity contribution in [3.63, 3.8) is 0 Å². The zero-order valence-electron chi connectivity index (χ0n) is 14.5. The highest BCUT2D eigenvalue weighted by atomic mass is 16.2. The van der Waals surface area contributed by atoms with E-state index in [0.29, 0.717) is 16.9 Å². The van der Waals surface area contributed by atoms with Gasteiger partial charge in [-0.25, -0.2) is 14.8 Å². The van der Waals surface area contributed by atoms with Crippen molar-refractivity contribution in [2.24, 2.45) is 14.1 Å². The standard InChI is InChI=1S/C18H20N4O2/c1-18(2,3)12-8-6-11(7-9-12)14-19-10-13-15(20-14)21(4)17(24)22(5)16(13)23/h6-10H,1-5H3. The van der Waals surface area contributed by atoms with Crippen LogP contribution in [0.25, 0.3) is 22.4 Å². The number of fused-ring (bicyclic) bond motifs is 1. The van der Waals surface area contributed by atoms with E-state index in [-0.39, 0.29) is 11.0 Å². The average Bonchev–Trinajstić information content (AvgIpc) is 2.57. The fraction of sp³-hybridized carbons (Fsp3) is 0.333. The molecule has 0 saturated carbocycles. The Balaban J connectivity index is 2.19. The van der Waals surface area contributed by atoms with Crippen molar-refractivity contribution in [1.82, 2.24) is 19.1 Å². The van der Waals surface area contributed by atoms with E-state index in [4.69, 9.17) is 0 Å². The van der Waals surface area contributed by atoms with Crippen LogP contribution in [0.15, 0.2) is 40.1 Å². The van der Waals surface area contributed by atoms with Crippen LogP contribution in [0.1, 0.15) is 26.3 Å². The topological polar surface area (TPSA) is 69.8 Å². The second kappa shape index (κ2) is 5.40. The minimum atomic E-state index is -0.403. The SMILES string of the molecule is Cn1c(=O)c2cnc(-c3ccc(C(C)(C)C)cc3)nc2n(C)c1=O. The van der Waals surface area contributed by atoms with Gasteiger partial charge in [0.25, 0.3) is 5.56 Å². The zero-order valence-corrected chi connectivity index (χ0v) is 14.5. The highest BCUT2D eigenvalue weighted by Gasteiger charge is 2.15. The van der Waals surface area contributed by atoms with Crippen LogP contribution in [0.4, 0.5) is 0 Å². The Labute approximate surface area is 139 Å². The molecule has 6 heteroatoms. The van der Waals surface area contributed by atoms with E-state index in [1.807, 2.05) is 24.3 Å². The van der Waals surface area contributed by atoms with E-state index in [9.17, 15) is 9.59 Å². The molecule has 0 bridgehead atoms. The summed E-state index contributed by atoms with van der Waals surface area (Å²) in [7, 11) is 3.05. The summed E-state index contributed by atoms with van der Waals surface area (Å²) in [6.07, 6.45) is 1.48. The number of benzene rings is 1. The lowest BCUT2D eigenvalue weighted by Crippen LogP contribution is -2.37. The first-order chi connectivity index (χ1) is 11.2. The van der Waals surface area contributed by atoms with Gasteiger partial charge in [0.1, 0.15) is 5.39 Å². The Kier molecular flexibility index (Phi) is 3.63. The molecule has 2 aromatic heterocycles. The summed E-state index contributed by atoms with van der Waals surface area (Å²) in [4.78, 5) is 33.0. The summed E-state index contributed by atoms with van der Waals surface area (Å²) < 4.78 is 2.43. The summed E-state index contributed by atoms with van der Waals surface area (Å²) in [6.45, 7) is 6.46. The van der Waals surface area contributed by atoms with Crippen molar-refractivity contribution < 1.29 is 0 Å². The van der Waals surface area contributed by atoms with E-state index in [2.05, 4.69) is 30.7 Å². The van der Waals surface area contributed by atoms with Crippen LogP contribution in [0, 0.1) is 0 Å². The summed E-state index contributed by atoms with van der Waals surface area (Å²) in [5, 5.41) is 0.328. The summed E-state index contributed by atoms with van der Waals surface area (Å²) in [6, 6.07) is 8.01. The molecule has 2 heterocycles. The van der Waals surface area contributed by atoms with Gasteiger partial charge in [-0.2, -0.15) is 0 Å². The monoisotopic (exact) mass is 324 g/mol. The Morgan fingerprint density at radius 3 is 2.17 bits per heavy atom. The van der Waals surface area contributed by atoms with Gasteiger partial charge in [-0.1, -0.05) is 45.0 Å². The molecule has 0 radical (unpaired) electrons. The smallest absolute Gasteiger partial charge is 0.280 e. The molecule has 0 aliphatic carbocycles. The molecule has 1 aromatic carbocycles. The first-order valence-corrected chi connectivity index (χ1v) is 7.74. The lowest BCUT2D eigenvalue weighted by atomic mass is 9.87. The number of aromatic nitrogens is 4. The summed E-state index contributed by atoms with van der Waals surface area (Å²) in [5.41, 5.74) is 1.68. The highest BCUT2D eigenvalue weighted by molar-refractivity contribution is 5.75. The molecule has 3 aromatic rings. The van der Waals surface area contributed by atoms with E-state index in [1.54, 1.807) is 7.05 Å². The van der Waals surface area contributed by atoms with E-state index >= 15 is 0 Å². The quantitative estimate of drug-likeness (QED) is 0.686. The Morgan fingerprint density at radius 2 is 1.58 bits per heavy atom. The zero-order chi connectivity index (χ0) is 17.6. The van der Waals surface area contributed by atoms with Crippen molar-refractivity contribution in [2.75, 3.05) is 0 Å². The highest BCUT2D eigenvalue weighted by Crippen LogP contribution is 2.25. The van der Waals surface area contributed by atoms with Gasteiger partial charge in [0, 0.05) is 25.9 Å². The lowest BCUT2D eigenvalue weighted by Gasteiger charge is -2.19. The minimum absolute atomic E-state index is 0.0683. The van der Waals surface area contributed by atoms with Crippen LogP contribution in [0.3, 0.4) is 0 Å². The Bertz CT molecular complexity index is 1040. The molecule has 0 aliphatic heterocycles. The van der Waals surface area contributed by atoms with E-state index in [0.717, 1.165) is 10.1 Å². The number of aryl methyl sites for hydroxylation is 1. The third kappa shape index (κ3) is 2.54.